The molecular weight excluding hydrogens is 757 g/mol. The minimum Gasteiger partial charge on any atom is -0.483 e. The van der Waals surface area contributed by atoms with Crippen molar-refractivity contribution in [1.29, 1.82) is 0 Å². The van der Waals surface area contributed by atoms with Gasteiger partial charge >= 0.3 is 0 Å². The summed E-state index contributed by atoms with van der Waals surface area (Å²) >= 11 is 0. The first-order valence-corrected chi connectivity index (χ1v) is 19.9. The number of amides is 3. The summed E-state index contributed by atoms with van der Waals surface area (Å²) in [7, 11) is 1.78. The number of allylic oxidation sites excluding steroid dienone is 2. The summed E-state index contributed by atoms with van der Waals surface area (Å²) in [6.45, 7) is 21.6. The highest BCUT2D eigenvalue weighted by molar-refractivity contribution is 5.89. The first kappa shape index (κ1) is 53.9. The van der Waals surface area contributed by atoms with Crippen molar-refractivity contribution in [2.24, 2.45) is 16.8 Å². The van der Waals surface area contributed by atoms with E-state index in [2.05, 4.69) is 53.5 Å². The van der Waals surface area contributed by atoms with E-state index in [9.17, 15) is 19.2 Å². The van der Waals surface area contributed by atoms with Gasteiger partial charge in [-0.2, -0.15) is 5.10 Å². The molecular formula is C48H68N6O6. The standard InChI is InChI=1S/C24H25NO2.C19H31N3O2.C4H10N2.CH2O2/c1-3-13-20(4-2)24(21-14-7-5-8-15-21,22-16-9-6-10-17-22)25-23(27)18-11-12-19-26;1-13(2)11-16(22-19(3,4)5)18(24)21-15(17(20)23)12-14-9-7-6-8-10-14;1-4(2)6-5-3;2-1-3/h3-10,13-17,19H,1-2,11-12,18H2,(H,25,27);6-10,13,15-16,22H,11-12H2,1-5H3,(H2,20,23)(H,21,24);5H,1-3H3;1H,(H,2,3)/b20-13+;;;. The molecule has 3 aromatic rings. The Balaban J connectivity index is 0.000000969. The van der Waals surface area contributed by atoms with Crippen molar-refractivity contribution in [2.75, 3.05) is 7.05 Å². The van der Waals surface area contributed by atoms with E-state index in [0.29, 0.717) is 31.6 Å². The minimum atomic E-state index is -0.892. The lowest BCUT2D eigenvalue weighted by atomic mass is 9.76. The van der Waals surface area contributed by atoms with E-state index in [-0.39, 0.29) is 36.3 Å². The quantitative estimate of drug-likeness (QED) is 0.0244. The van der Waals surface area contributed by atoms with Crippen LogP contribution in [0, 0.1) is 5.92 Å². The van der Waals surface area contributed by atoms with E-state index in [1.54, 1.807) is 19.2 Å². The van der Waals surface area contributed by atoms with Gasteiger partial charge in [0, 0.05) is 37.6 Å². The molecule has 0 saturated heterocycles. The van der Waals surface area contributed by atoms with Crippen LogP contribution in [0.5, 0.6) is 0 Å². The largest absolute Gasteiger partial charge is 0.483 e. The van der Waals surface area contributed by atoms with Crippen LogP contribution in [0.2, 0.25) is 0 Å². The van der Waals surface area contributed by atoms with Gasteiger partial charge in [-0.15, -0.1) is 0 Å². The molecule has 2 unspecified atom stereocenters. The summed E-state index contributed by atoms with van der Waals surface area (Å²) in [5.41, 5.74) is 11.7. The van der Waals surface area contributed by atoms with Crippen molar-refractivity contribution in [3.8, 4) is 0 Å². The van der Waals surface area contributed by atoms with E-state index in [0.717, 1.165) is 34.3 Å². The van der Waals surface area contributed by atoms with Crippen LogP contribution < -0.4 is 27.1 Å². The van der Waals surface area contributed by atoms with Gasteiger partial charge in [-0.3, -0.25) is 19.2 Å². The number of rotatable bonds is 19. The number of primary amides is 1. The molecule has 0 aliphatic rings. The lowest BCUT2D eigenvalue weighted by molar-refractivity contribution is -0.129. The Kier molecular flexibility index (Phi) is 26.9. The number of hydrazone groups is 1. The normalized spacial score (nSPS) is 11.8. The molecule has 0 aliphatic heterocycles. The van der Waals surface area contributed by atoms with Crippen LogP contribution in [0.1, 0.15) is 90.8 Å². The topological polar surface area (TPSA) is 192 Å². The predicted octanol–water partition coefficient (Wildman–Crippen LogP) is 7.02. The van der Waals surface area contributed by atoms with Gasteiger partial charge in [0.05, 0.1) is 6.04 Å². The van der Waals surface area contributed by atoms with Crippen molar-refractivity contribution >= 4 is 36.2 Å². The maximum atomic E-state index is 12.8. The Morgan fingerprint density at radius 2 is 1.35 bits per heavy atom. The minimum absolute atomic E-state index is 0.124. The number of hydrogen-bond acceptors (Lipinski definition) is 8. The fourth-order valence-corrected chi connectivity index (χ4v) is 5.98. The van der Waals surface area contributed by atoms with Gasteiger partial charge in [-0.05, 0) is 75.6 Å². The molecule has 12 heteroatoms. The van der Waals surface area contributed by atoms with Crippen molar-refractivity contribution < 1.29 is 29.1 Å². The Morgan fingerprint density at radius 3 is 1.72 bits per heavy atom. The SMILES string of the molecule is C=C/C=C(\C=C)C(NC(=O)CCCC=O)(c1ccccc1)c1ccccc1.CC(C)CC(NC(C)(C)C)C(=O)NC(Cc1ccccc1)C(N)=O.CNN=C(C)C.O=CO. The summed E-state index contributed by atoms with van der Waals surface area (Å²) in [6, 6.07) is 28.1. The van der Waals surface area contributed by atoms with Gasteiger partial charge in [0.1, 0.15) is 17.9 Å². The maximum absolute atomic E-state index is 12.8. The molecule has 0 saturated carbocycles. The van der Waals surface area contributed by atoms with Crippen LogP contribution in [-0.4, -0.2) is 66.0 Å². The average Bonchev–Trinajstić information content (AvgIpc) is 3.20. The number of carbonyl (C=O) groups is 5. The Labute approximate surface area is 357 Å². The zero-order valence-corrected chi connectivity index (χ0v) is 36.7. The van der Waals surface area contributed by atoms with Crippen molar-refractivity contribution in [1.82, 2.24) is 21.4 Å². The second-order valence-electron chi connectivity index (χ2n) is 15.3. The highest BCUT2D eigenvalue weighted by Gasteiger charge is 2.38. The van der Waals surface area contributed by atoms with Crippen LogP contribution in [0.25, 0.3) is 0 Å². The second-order valence-corrected chi connectivity index (χ2v) is 15.3. The molecule has 2 atom stereocenters. The van der Waals surface area contributed by atoms with Crippen molar-refractivity contribution in [2.45, 2.75) is 104 Å². The number of aldehydes is 1. The molecule has 0 spiro atoms. The third kappa shape index (κ3) is 21.6. The van der Waals surface area contributed by atoms with Crippen LogP contribution in [0.15, 0.2) is 133 Å². The van der Waals surface area contributed by atoms with E-state index in [1.807, 2.05) is 132 Å². The molecule has 0 heterocycles. The smallest absolute Gasteiger partial charge is 0.290 e. The van der Waals surface area contributed by atoms with Crippen molar-refractivity contribution in [3.05, 3.63) is 145 Å². The van der Waals surface area contributed by atoms with Crippen LogP contribution >= 0.6 is 0 Å². The summed E-state index contributed by atoms with van der Waals surface area (Å²) in [4.78, 5) is 56.2. The monoisotopic (exact) mass is 825 g/mol. The second kappa shape index (κ2) is 30.0. The zero-order chi connectivity index (χ0) is 45.6. The van der Waals surface area contributed by atoms with E-state index in [4.69, 9.17) is 15.6 Å². The van der Waals surface area contributed by atoms with Gasteiger partial charge in [-0.25, -0.2) is 0 Å². The Bertz CT molecular complexity index is 1740. The summed E-state index contributed by atoms with van der Waals surface area (Å²) in [5, 5.41) is 20.0. The molecule has 60 heavy (non-hydrogen) atoms. The molecule has 0 fully saturated rings. The molecule has 3 rings (SSSR count). The number of carboxylic acid groups (broad SMARTS) is 1. The molecule has 0 aliphatic carbocycles. The molecule has 0 aromatic heterocycles. The number of nitrogens with zero attached hydrogens (tertiary/aromatic N) is 1. The lowest BCUT2D eigenvalue weighted by Crippen LogP contribution is -2.56. The number of nitrogens with one attached hydrogen (secondary N) is 4. The van der Waals surface area contributed by atoms with Crippen LogP contribution in [0.4, 0.5) is 0 Å². The molecule has 3 amide bonds. The lowest BCUT2D eigenvalue weighted by Gasteiger charge is -2.37. The summed E-state index contributed by atoms with van der Waals surface area (Å²) < 4.78 is 0. The van der Waals surface area contributed by atoms with E-state index in [1.165, 1.54) is 0 Å². The van der Waals surface area contributed by atoms with Crippen molar-refractivity contribution in [3.63, 3.8) is 0 Å². The highest BCUT2D eigenvalue weighted by atomic mass is 16.3. The number of unbranched alkanes of at least 4 members (excludes halogenated alkanes) is 1. The molecule has 326 valence electrons. The fraction of sp³-hybridized carbons (Fsp3) is 0.375. The molecule has 7 N–H and O–H groups in total. The third-order valence-corrected chi connectivity index (χ3v) is 8.33. The van der Waals surface area contributed by atoms with Gasteiger partial charge in [-0.1, -0.05) is 136 Å². The first-order valence-electron chi connectivity index (χ1n) is 19.9. The van der Waals surface area contributed by atoms with E-state index < -0.39 is 17.5 Å². The van der Waals surface area contributed by atoms with Crippen LogP contribution in [0.3, 0.4) is 0 Å². The number of benzene rings is 3. The van der Waals surface area contributed by atoms with Gasteiger partial charge in [0.2, 0.25) is 17.7 Å². The molecule has 0 radical (unpaired) electrons. The molecule has 0 bridgehead atoms. The fourth-order valence-electron chi connectivity index (χ4n) is 5.98. The van der Waals surface area contributed by atoms with Gasteiger partial charge in [0.25, 0.3) is 6.47 Å². The summed E-state index contributed by atoms with van der Waals surface area (Å²) in [6.07, 6.45) is 8.38. The van der Waals surface area contributed by atoms with Gasteiger partial charge < -0.3 is 37.0 Å². The number of carbonyl (C=O) groups excluding carboxylic acids is 4. The van der Waals surface area contributed by atoms with Crippen LogP contribution in [-0.2, 0) is 35.9 Å². The Morgan fingerprint density at radius 1 is 0.850 bits per heavy atom. The van der Waals surface area contributed by atoms with E-state index >= 15 is 0 Å². The Hall–Kier alpha value is -6.14. The molecule has 12 nitrogen and oxygen atoms in total. The summed E-state index contributed by atoms with van der Waals surface area (Å²) in [5.74, 6) is -0.470. The predicted molar refractivity (Wildman–Crippen MR) is 244 cm³/mol. The number of nitrogens with two attached hydrogens (primary N) is 1. The maximum Gasteiger partial charge on any atom is 0.290 e. The first-order chi connectivity index (χ1) is 28.4. The van der Waals surface area contributed by atoms with Gasteiger partial charge in [0.15, 0.2) is 0 Å². The zero-order valence-electron chi connectivity index (χ0n) is 36.7. The molecule has 3 aromatic carbocycles. The highest BCUT2D eigenvalue weighted by Crippen LogP contribution is 2.37. The average molecular weight is 825 g/mol. The number of hydrogen-bond donors (Lipinski definition) is 6. The third-order valence-electron chi connectivity index (χ3n) is 8.33.